The van der Waals surface area contributed by atoms with Crippen LogP contribution in [0.3, 0.4) is 0 Å². The minimum Gasteiger partial charge on any atom is -0.493 e. The van der Waals surface area contributed by atoms with E-state index in [1.807, 2.05) is 0 Å². The van der Waals surface area contributed by atoms with Gasteiger partial charge in [-0.2, -0.15) is 13.2 Å². The smallest absolute Gasteiger partial charge is 0.416 e. The predicted molar refractivity (Wildman–Crippen MR) is 122 cm³/mol. The van der Waals surface area contributed by atoms with E-state index < -0.39 is 20.5 Å². The van der Waals surface area contributed by atoms with E-state index in [4.69, 9.17) is 9.47 Å². The lowest BCUT2D eigenvalue weighted by molar-refractivity contribution is -0.137. The van der Waals surface area contributed by atoms with Crippen LogP contribution in [0.5, 0.6) is 5.75 Å². The summed E-state index contributed by atoms with van der Waals surface area (Å²) in [5, 5.41) is 0. The normalized spacial score (nSPS) is 27.2. The lowest BCUT2D eigenvalue weighted by Gasteiger charge is -2.37. The average molecular weight is 457 g/mol. The second-order valence-electron chi connectivity index (χ2n) is 9.74. The first-order valence-electron chi connectivity index (χ1n) is 12.2. The van der Waals surface area contributed by atoms with Gasteiger partial charge in [-0.05, 0) is 60.9 Å². The summed E-state index contributed by atoms with van der Waals surface area (Å²) in [6.07, 6.45) is 9.08. The SMILES string of the molecule is COCCCCCC1CC[SiH]([C@H]2CC[C@H](COc3ccc(C(F)(F)F)cc3)CC2)CC1. The molecule has 0 atom stereocenters. The van der Waals surface area contributed by atoms with Crippen molar-refractivity contribution in [3.05, 3.63) is 29.8 Å². The van der Waals surface area contributed by atoms with Crippen LogP contribution in [0.1, 0.15) is 69.8 Å². The Kier molecular flexibility index (Phi) is 9.76. The number of methoxy groups -OCH3 is 1. The van der Waals surface area contributed by atoms with Crippen molar-refractivity contribution in [2.75, 3.05) is 20.3 Å². The number of halogens is 3. The Balaban J connectivity index is 1.29. The molecule has 2 aliphatic rings. The molecule has 176 valence electrons. The number of ether oxygens (including phenoxy) is 2. The minimum atomic E-state index is -4.29. The van der Waals surface area contributed by atoms with Crippen molar-refractivity contribution in [2.24, 2.45) is 11.8 Å². The lowest BCUT2D eigenvalue weighted by Crippen LogP contribution is -2.30. The largest absolute Gasteiger partial charge is 0.493 e. The molecule has 1 aromatic carbocycles. The Morgan fingerprint density at radius 1 is 0.871 bits per heavy atom. The van der Waals surface area contributed by atoms with Gasteiger partial charge in [-0.15, -0.1) is 0 Å². The third kappa shape index (κ3) is 8.12. The highest BCUT2D eigenvalue weighted by Gasteiger charge is 2.32. The zero-order valence-corrected chi connectivity index (χ0v) is 20.1. The van der Waals surface area contributed by atoms with Gasteiger partial charge in [-0.3, -0.25) is 0 Å². The van der Waals surface area contributed by atoms with Crippen LogP contribution in [0, 0.1) is 11.8 Å². The highest BCUT2D eigenvalue weighted by Crippen LogP contribution is 2.42. The van der Waals surface area contributed by atoms with Crippen molar-refractivity contribution in [2.45, 2.75) is 88.0 Å². The molecule has 1 aliphatic carbocycles. The molecule has 3 rings (SSSR count). The second kappa shape index (κ2) is 12.3. The number of hydrogen-bond donors (Lipinski definition) is 0. The van der Waals surface area contributed by atoms with Gasteiger partial charge in [0.05, 0.1) is 12.2 Å². The Morgan fingerprint density at radius 2 is 1.55 bits per heavy atom. The molecular weight excluding hydrogens is 417 g/mol. The fraction of sp³-hybridized carbons (Fsp3) is 0.760. The summed E-state index contributed by atoms with van der Waals surface area (Å²) >= 11 is 0. The van der Waals surface area contributed by atoms with Gasteiger partial charge in [-0.1, -0.05) is 57.0 Å². The molecule has 0 bridgehead atoms. The molecule has 1 aromatic rings. The summed E-state index contributed by atoms with van der Waals surface area (Å²) in [6.45, 7) is 1.53. The van der Waals surface area contributed by atoms with Gasteiger partial charge in [0.1, 0.15) is 5.75 Å². The Morgan fingerprint density at radius 3 is 2.16 bits per heavy atom. The fourth-order valence-electron chi connectivity index (χ4n) is 5.59. The number of benzene rings is 1. The highest BCUT2D eigenvalue weighted by molar-refractivity contribution is 6.60. The lowest BCUT2D eigenvalue weighted by atomic mass is 9.89. The topological polar surface area (TPSA) is 18.5 Å². The monoisotopic (exact) mass is 456 g/mol. The van der Waals surface area contributed by atoms with Crippen LogP contribution in [0.25, 0.3) is 0 Å². The minimum absolute atomic E-state index is 0.546. The fourth-order valence-corrected chi connectivity index (χ4v) is 9.94. The number of hydrogen-bond acceptors (Lipinski definition) is 2. The van der Waals surface area contributed by atoms with Gasteiger partial charge in [0, 0.05) is 22.5 Å². The maximum absolute atomic E-state index is 12.7. The number of alkyl halides is 3. The first-order valence-corrected chi connectivity index (χ1v) is 14.5. The van der Waals surface area contributed by atoms with Crippen LogP contribution in [0.2, 0.25) is 17.6 Å². The second-order valence-corrected chi connectivity index (χ2v) is 13.4. The van der Waals surface area contributed by atoms with Gasteiger partial charge < -0.3 is 9.47 Å². The summed E-state index contributed by atoms with van der Waals surface area (Å²) in [6, 6.07) is 8.18. The summed E-state index contributed by atoms with van der Waals surface area (Å²) < 4.78 is 48.9. The molecule has 0 radical (unpaired) electrons. The summed E-state index contributed by atoms with van der Waals surface area (Å²) in [5.41, 5.74) is 0.385. The maximum atomic E-state index is 12.7. The van der Waals surface area contributed by atoms with Gasteiger partial charge in [0.2, 0.25) is 0 Å². The molecule has 0 N–H and O–H groups in total. The van der Waals surface area contributed by atoms with E-state index in [9.17, 15) is 13.2 Å². The van der Waals surface area contributed by atoms with E-state index in [1.54, 1.807) is 19.2 Å². The van der Waals surface area contributed by atoms with E-state index >= 15 is 0 Å². The van der Waals surface area contributed by atoms with Crippen LogP contribution >= 0.6 is 0 Å². The van der Waals surface area contributed by atoms with Gasteiger partial charge in [-0.25, -0.2) is 0 Å². The molecule has 1 saturated carbocycles. The molecule has 0 unspecified atom stereocenters. The first kappa shape index (κ1) is 24.6. The van der Waals surface area contributed by atoms with E-state index in [0.29, 0.717) is 18.3 Å². The predicted octanol–water partition coefficient (Wildman–Crippen LogP) is 7.49. The van der Waals surface area contributed by atoms with Crippen molar-refractivity contribution >= 4 is 8.80 Å². The zero-order valence-electron chi connectivity index (χ0n) is 19.0. The Labute approximate surface area is 187 Å². The van der Waals surface area contributed by atoms with E-state index in [2.05, 4.69) is 0 Å². The molecule has 31 heavy (non-hydrogen) atoms. The molecule has 2 nitrogen and oxygen atoms in total. The van der Waals surface area contributed by atoms with E-state index in [1.165, 1.54) is 76.3 Å². The molecule has 1 aliphatic heterocycles. The van der Waals surface area contributed by atoms with Crippen LogP contribution in [0.15, 0.2) is 24.3 Å². The molecule has 6 heteroatoms. The average Bonchev–Trinajstić information content (AvgIpc) is 2.78. The summed E-state index contributed by atoms with van der Waals surface area (Å²) in [5.74, 6) is 2.07. The van der Waals surface area contributed by atoms with Crippen LogP contribution in [-0.2, 0) is 10.9 Å². The van der Waals surface area contributed by atoms with E-state index in [0.717, 1.165) is 30.2 Å². The van der Waals surface area contributed by atoms with E-state index in [-0.39, 0.29) is 0 Å². The zero-order chi connectivity index (χ0) is 22.1. The first-order chi connectivity index (χ1) is 15.0. The standard InChI is InChI=1S/C25H39F3O2Si/c1-29-16-4-2-3-5-20-14-17-31(18-15-20)24-12-6-21(7-13-24)19-30-23-10-8-22(9-11-23)25(26,27)28/h8-11,20-21,24,31H,2-7,12-19H2,1H3/t20?,21-,24-,31?. The Hall–Kier alpha value is -1.01. The van der Waals surface area contributed by atoms with Crippen molar-refractivity contribution in [1.82, 2.24) is 0 Å². The summed E-state index contributed by atoms with van der Waals surface area (Å²) in [7, 11) is 1.19. The highest BCUT2D eigenvalue weighted by atomic mass is 28.3. The van der Waals surface area contributed by atoms with Gasteiger partial charge in [0.15, 0.2) is 0 Å². The van der Waals surface area contributed by atoms with Crippen molar-refractivity contribution in [3.63, 3.8) is 0 Å². The molecular formula is C25H39F3O2Si. The number of rotatable bonds is 10. The molecule has 2 fully saturated rings. The molecule has 0 aromatic heterocycles. The van der Waals surface area contributed by atoms with Crippen molar-refractivity contribution < 1.29 is 22.6 Å². The van der Waals surface area contributed by atoms with Gasteiger partial charge in [0.25, 0.3) is 0 Å². The Bertz CT molecular complexity index is 619. The van der Waals surface area contributed by atoms with Crippen molar-refractivity contribution in [3.8, 4) is 5.75 Å². The molecule has 0 amide bonds. The third-order valence-corrected chi connectivity index (χ3v) is 11.7. The van der Waals surface area contributed by atoms with Gasteiger partial charge >= 0.3 is 6.18 Å². The molecule has 0 spiro atoms. The number of unbranched alkanes of at least 4 members (excludes halogenated alkanes) is 2. The van der Waals surface area contributed by atoms with Crippen LogP contribution in [-0.4, -0.2) is 29.1 Å². The maximum Gasteiger partial charge on any atom is 0.416 e. The molecule has 1 saturated heterocycles. The van der Waals surface area contributed by atoms with Crippen molar-refractivity contribution in [1.29, 1.82) is 0 Å². The molecule has 1 heterocycles. The summed E-state index contributed by atoms with van der Waals surface area (Å²) in [4.78, 5) is 0. The third-order valence-electron chi connectivity index (χ3n) is 7.58. The quantitative estimate of drug-likeness (QED) is 0.268. The van der Waals surface area contributed by atoms with Crippen LogP contribution < -0.4 is 4.74 Å². The van der Waals surface area contributed by atoms with Crippen LogP contribution in [0.4, 0.5) is 13.2 Å².